The molecule has 8 heteroatoms. The lowest BCUT2D eigenvalue weighted by molar-refractivity contribution is -0.276. The highest BCUT2D eigenvalue weighted by molar-refractivity contribution is 5.80. The minimum atomic E-state index is -5.07. The molecule has 0 aliphatic carbocycles. The van der Waals surface area contributed by atoms with E-state index in [1.807, 2.05) is 0 Å². The number of nitrogens with one attached hydrogen (secondary N) is 1. The minimum absolute atomic E-state index is 0.0219. The Hall–Kier alpha value is -1.86. The lowest BCUT2D eigenvalue weighted by atomic mass is 10.1. The summed E-state index contributed by atoms with van der Waals surface area (Å²) in [6, 6.07) is 0.687. The van der Waals surface area contributed by atoms with Crippen LogP contribution in [0.2, 0.25) is 0 Å². The molecule has 0 amide bonds. The summed E-state index contributed by atoms with van der Waals surface area (Å²) in [5.74, 6) is -1.11. The molecule has 0 fully saturated rings. The number of hydrogen-bond acceptors (Lipinski definition) is 3. The van der Waals surface area contributed by atoms with Crippen molar-refractivity contribution < 1.29 is 27.1 Å². The average molecular weight is 239 g/mol. The minimum Gasteiger partial charge on any atom is -0.389 e. The zero-order valence-electron chi connectivity index (χ0n) is 7.60. The highest BCUT2D eigenvalue weighted by atomic mass is 19.4. The van der Waals surface area contributed by atoms with Gasteiger partial charge in [0.25, 0.3) is 5.56 Å². The van der Waals surface area contributed by atoms with E-state index in [1.165, 1.54) is 0 Å². The number of rotatable bonds is 3. The van der Waals surface area contributed by atoms with Crippen molar-refractivity contribution in [3.05, 3.63) is 27.5 Å². The Kier molecular flexibility index (Phi) is 3.31. The Morgan fingerprint density at radius 1 is 1.44 bits per heavy atom. The number of halogens is 4. The van der Waals surface area contributed by atoms with Gasteiger partial charge in [-0.05, 0) is 0 Å². The summed E-state index contributed by atoms with van der Waals surface area (Å²) in [7, 11) is 0. The number of alkyl halides is 4. The molecule has 16 heavy (non-hydrogen) atoms. The molecule has 1 aromatic heterocycles. The zero-order valence-corrected chi connectivity index (χ0v) is 7.60. The van der Waals surface area contributed by atoms with Crippen LogP contribution in [0.1, 0.15) is 15.9 Å². The summed E-state index contributed by atoms with van der Waals surface area (Å²) in [5, 5.41) is 0. The largest absolute Gasteiger partial charge is 0.574 e. The van der Waals surface area contributed by atoms with Gasteiger partial charge in [-0.15, -0.1) is 13.2 Å². The second kappa shape index (κ2) is 4.33. The van der Waals surface area contributed by atoms with E-state index in [1.54, 1.807) is 4.98 Å². The number of ether oxygens (including phenoxy) is 1. The maximum atomic E-state index is 12.3. The third-order valence-corrected chi connectivity index (χ3v) is 1.61. The van der Waals surface area contributed by atoms with Crippen LogP contribution in [0.25, 0.3) is 0 Å². The van der Waals surface area contributed by atoms with E-state index in [0.29, 0.717) is 6.07 Å². The number of aromatic amines is 1. The van der Waals surface area contributed by atoms with Gasteiger partial charge >= 0.3 is 6.36 Å². The molecule has 0 saturated carbocycles. The Morgan fingerprint density at radius 3 is 2.50 bits per heavy atom. The molecule has 0 aliphatic heterocycles. The van der Waals surface area contributed by atoms with Crippen LogP contribution in [0.15, 0.2) is 10.9 Å². The van der Waals surface area contributed by atoms with Crippen LogP contribution in [-0.4, -0.2) is 17.6 Å². The van der Waals surface area contributed by atoms with Gasteiger partial charge < -0.3 is 4.74 Å². The van der Waals surface area contributed by atoms with Crippen molar-refractivity contribution in [2.75, 3.05) is 0 Å². The molecule has 0 atom stereocenters. The molecule has 1 rings (SSSR count). The fourth-order valence-electron chi connectivity index (χ4n) is 1.03. The van der Waals surface area contributed by atoms with Gasteiger partial charge in [-0.3, -0.25) is 14.6 Å². The van der Waals surface area contributed by atoms with Crippen molar-refractivity contribution in [3.63, 3.8) is 0 Å². The molecule has 0 spiro atoms. The van der Waals surface area contributed by atoms with Crippen LogP contribution >= 0.6 is 0 Å². The second-order valence-electron chi connectivity index (χ2n) is 2.70. The number of pyridine rings is 1. The lowest BCUT2D eigenvalue weighted by Gasteiger charge is -2.11. The maximum Gasteiger partial charge on any atom is 0.574 e. The first-order valence-corrected chi connectivity index (χ1v) is 3.90. The van der Waals surface area contributed by atoms with Crippen molar-refractivity contribution in [2.24, 2.45) is 0 Å². The average Bonchev–Trinajstić information content (AvgIpc) is 2.14. The number of carbonyl (C=O) groups is 1. The SMILES string of the molecule is O=Cc1c(CF)cc(=O)[nH]c1OC(F)(F)F. The van der Waals surface area contributed by atoms with E-state index in [4.69, 9.17) is 0 Å². The van der Waals surface area contributed by atoms with E-state index < -0.39 is 35.6 Å². The summed E-state index contributed by atoms with van der Waals surface area (Å²) < 4.78 is 51.3. The monoisotopic (exact) mass is 239 g/mol. The zero-order chi connectivity index (χ0) is 12.3. The van der Waals surface area contributed by atoms with Gasteiger partial charge in [-0.1, -0.05) is 0 Å². The molecule has 0 aliphatic rings. The standard InChI is InChI=1S/C8H5F4NO3/c9-2-4-1-6(15)13-7(5(4)3-14)16-8(10,11)12/h1,3H,2H2,(H,13,15). The van der Waals surface area contributed by atoms with E-state index in [-0.39, 0.29) is 6.29 Å². The van der Waals surface area contributed by atoms with Crippen LogP contribution in [0.5, 0.6) is 5.88 Å². The summed E-state index contributed by atoms with van der Waals surface area (Å²) in [4.78, 5) is 23.0. The van der Waals surface area contributed by atoms with Crippen LogP contribution in [-0.2, 0) is 6.67 Å². The number of aromatic nitrogens is 1. The van der Waals surface area contributed by atoms with Crippen LogP contribution < -0.4 is 10.3 Å². The first kappa shape index (κ1) is 12.2. The van der Waals surface area contributed by atoms with Gasteiger partial charge in [0, 0.05) is 11.6 Å². The normalized spacial score (nSPS) is 11.2. The molecule has 1 N–H and O–H groups in total. The predicted octanol–water partition coefficient (Wildman–Crippen LogP) is 1.56. The van der Waals surface area contributed by atoms with Crippen LogP contribution in [0.4, 0.5) is 17.6 Å². The molecule has 0 aromatic carbocycles. The number of H-pyrrole nitrogens is 1. The van der Waals surface area contributed by atoms with E-state index in [9.17, 15) is 27.2 Å². The van der Waals surface area contributed by atoms with Gasteiger partial charge in [0.15, 0.2) is 6.29 Å². The maximum absolute atomic E-state index is 12.3. The van der Waals surface area contributed by atoms with Gasteiger partial charge in [0.1, 0.15) is 6.67 Å². The van der Waals surface area contributed by atoms with Gasteiger partial charge in [0.2, 0.25) is 5.88 Å². The van der Waals surface area contributed by atoms with E-state index in [0.717, 1.165) is 0 Å². The van der Waals surface area contributed by atoms with Crippen molar-refractivity contribution in [1.29, 1.82) is 0 Å². The quantitative estimate of drug-likeness (QED) is 0.643. The smallest absolute Gasteiger partial charge is 0.389 e. The van der Waals surface area contributed by atoms with E-state index in [2.05, 4.69) is 4.74 Å². The fourth-order valence-corrected chi connectivity index (χ4v) is 1.03. The summed E-state index contributed by atoms with van der Waals surface area (Å²) >= 11 is 0. The first-order valence-electron chi connectivity index (χ1n) is 3.90. The van der Waals surface area contributed by atoms with Crippen molar-refractivity contribution in [3.8, 4) is 5.88 Å². The number of aldehydes is 1. The van der Waals surface area contributed by atoms with E-state index >= 15 is 0 Å². The third-order valence-electron chi connectivity index (χ3n) is 1.61. The molecule has 0 radical (unpaired) electrons. The Labute approximate surface area is 85.8 Å². The Bertz CT molecular complexity index is 452. The van der Waals surface area contributed by atoms with Gasteiger partial charge in [-0.2, -0.15) is 0 Å². The highest BCUT2D eigenvalue weighted by Gasteiger charge is 2.33. The number of carbonyl (C=O) groups excluding carboxylic acids is 1. The van der Waals surface area contributed by atoms with Crippen molar-refractivity contribution in [1.82, 2.24) is 4.98 Å². The molecule has 0 bridgehead atoms. The molecule has 1 aromatic rings. The highest BCUT2D eigenvalue weighted by Crippen LogP contribution is 2.24. The summed E-state index contributed by atoms with van der Waals surface area (Å²) in [5.41, 5.74) is -2.12. The van der Waals surface area contributed by atoms with Gasteiger partial charge in [0.05, 0.1) is 5.56 Å². The molecule has 88 valence electrons. The molecule has 0 saturated heterocycles. The molecule has 0 unspecified atom stereocenters. The Balaban J connectivity index is 3.31. The fraction of sp³-hybridized carbons (Fsp3) is 0.250. The van der Waals surface area contributed by atoms with Crippen LogP contribution in [0, 0.1) is 0 Å². The molecular formula is C8H5F4NO3. The molecule has 1 heterocycles. The summed E-state index contributed by atoms with van der Waals surface area (Å²) in [6.07, 6.45) is -5.10. The topological polar surface area (TPSA) is 59.2 Å². The van der Waals surface area contributed by atoms with Crippen molar-refractivity contribution in [2.45, 2.75) is 13.0 Å². The number of hydrogen-bond donors (Lipinski definition) is 1. The lowest BCUT2D eigenvalue weighted by Crippen LogP contribution is -2.22. The Morgan fingerprint density at radius 2 is 2.06 bits per heavy atom. The predicted molar refractivity (Wildman–Crippen MR) is 43.9 cm³/mol. The molecule has 4 nitrogen and oxygen atoms in total. The summed E-state index contributed by atoms with van der Waals surface area (Å²) in [6.45, 7) is -1.24. The van der Waals surface area contributed by atoms with Crippen LogP contribution in [0.3, 0.4) is 0 Å². The first-order chi connectivity index (χ1) is 7.37. The van der Waals surface area contributed by atoms with Gasteiger partial charge in [-0.25, -0.2) is 4.39 Å². The van der Waals surface area contributed by atoms with Crippen molar-refractivity contribution >= 4 is 6.29 Å². The third kappa shape index (κ3) is 2.81. The molecular weight excluding hydrogens is 234 g/mol. The second-order valence-corrected chi connectivity index (χ2v) is 2.70.